The molecule has 134 valence electrons. The molecule has 0 saturated carbocycles. The molecule has 26 heavy (non-hydrogen) atoms. The average Bonchev–Trinajstić information content (AvgIpc) is 2.88. The van der Waals surface area contributed by atoms with Gasteiger partial charge in [-0.15, -0.1) is 0 Å². The Kier molecular flexibility index (Phi) is 5.06. The Morgan fingerprint density at radius 3 is 2.23 bits per heavy atom. The van der Waals surface area contributed by atoms with Crippen LogP contribution in [0.5, 0.6) is 0 Å². The Bertz CT molecular complexity index is 879. The van der Waals surface area contributed by atoms with Gasteiger partial charge in [0.2, 0.25) is 0 Å². The zero-order chi connectivity index (χ0) is 18.8. The summed E-state index contributed by atoms with van der Waals surface area (Å²) < 4.78 is 13.3. The van der Waals surface area contributed by atoms with Crippen LogP contribution in [0.25, 0.3) is 5.57 Å². The molecule has 2 amide bonds. The number of anilines is 1. The van der Waals surface area contributed by atoms with Crippen LogP contribution in [-0.2, 0) is 9.59 Å². The highest BCUT2D eigenvalue weighted by atomic mass is 35.5. The van der Waals surface area contributed by atoms with Crippen molar-refractivity contribution in [2.45, 2.75) is 0 Å². The molecule has 7 heteroatoms. The third-order valence-electron chi connectivity index (χ3n) is 4.09. The molecule has 0 aliphatic carbocycles. The summed E-state index contributed by atoms with van der Waals surface area (Å²) in [6, 6.07) is 11.7. The van der Waals surface area contributed by atoms with Crippen molar-refractivity contribution in [3.8, 4) is 0 Å². The largest absolute Gasteiger partial charge is 0.395 e. The Labute approximate surface area is 154 Å². The molecule has 2 aromatic rings. The molecule has 0 spiro atoms. The normalized spacial score (nSPS) is 14.4. The van der Waals surface area contributed by atoms with E-state index in [0.717, 1.165) is 4.90 Å². The second-order valence-electron chi connectivity index (χ2n) is 5.80. The van der Waals surface area contributed by atoms with Gasteiger partial charge in [-0.2, -0.15) is 0 Å². The summed E-state index contributed by atoms with van der Waals surface area (Å²) in [5.74, 6) is -1.46. The quantitative estimate of drug-likeness (QED) is 0.817. The minimum Gasteiger partial charge on any atom is -0.395 e. The molecule has 0 radical (unpaired) electrons. The van der Waals surface area contributed by atoms with Gasteiger partial charge in [0.1, 0.15) is 11.5 Å². The maximum Gasteiger partial charge on any atom is 0.282 e. The fourth-order valence-corrected chi connectivity index (χ4v) is 2.96. The molecule has 1 aliphatic rings. The van der Waals surface area contributed by atoms with E-state index in [9.17, 15) is 19.1 Å². The Morgan fingerprint density at radius 2 is 1.65 bits per heavy atom. The summed E-state index contributed by atoms with van der Waals surface area (Å²) in [6.45, 7) is -0.00732. The molecule has 5 nitrogen and oxygen atoms in total. The molecule has 0 aromatic heterocycles. The van der Waals surface area contributed by atoms with Crippen LogP contribution in [0.15, 0.2) is 54.2 Å². The van der Waals surface area contributed by atoms with Crippen molar-refractivity contribution in [2.24, 2.45) is 0 Å². The lowest BCUT2D eigenvalue weighted by atomic mass is 10.0. The van der Waals surface area contributed by atoms with Crippen LogP contribution < -0.4 is 4.90 Å². The number of benzene rings is 2. The van der Waals surface area contributed by atoms with Gasteiger partial charge < -0.3 is 10.0 Å². The molecule has 2 aromatic carbocycles. The number of rotatable bonds is 5. The molecule has 0 bridgehead atoms. The number of aliphatic hydroxyl groups is 1. The van der Waals surface area contributed by atoms with Gasteiger partial charge in [-0.3, -0.25) is 9.59 Å². The fraction of sp³-hybridized carbons (Fsp3) is 0.158. The van der Waals surface area contributed by atoms with Crippen LogP contribution in [0, 0.1) is 5.82 Å². The summed E-state index contributed by atoms with van der Waals surface area (Å²) in [7, 11) is 1.62. The number of amides is 2. The van der Waals surface area contributed by atoms with Gasteiger partial charge in [0.05, 0.1) is 17.9 Å². The highest BCUT2D eigenvalue weighted by Crippen LogP contribution is 2.34. The van der Waals surface area contributed by atoms with E-state index in [0.29, 0.717) is 16.3 Å². The molecule has 0 saturated heterocycles. The van der Waals surface area contributed by atoms with E-state index in [1.807, 2.05) is 0 Å². The number of carbonyl (C=O) groups is 2. The summed E-state index contributed by atoms with van der Waals surface area (Å²) in [4.78, 5) is 28.6. The van der Waals surface area contributed by atoms with Crippen molar-refractivity contribution < 1.29 is 19.1 Å². The predicted octanol–water partition coefficient (Wildman–Crippen LogP) is 2.69. The maximum atomic E-state index is 13.3. The summed E-state index contributed by atoms with van der Waals surface area (Å²) in [6.07, 6.45) is 0. The van der Waals surface area contributed by atoms with Crippen molar-refractivity contribution in [3.63, 3.8) is 0 Å². The summed E-state index contributed by atoms with van der Waals surface area (Å²) in [5.41, 5.74) is 1.14. The summed E-state index contributed by atoms with van der Waals surface area (Å²) >= 11 is 5.88. The minimum absolute atomic E-state index is 0.158. The van der Waals surface area contributed by atoms with E-state index in [1.54, 1.807) is 31.3 Å². The maximum absolute atomic E-state index is 13.3. The van der Waals surface area contributed by atoms with Gasteiger partial charge in [0, 0.05) is 18.6 Å². The number of carbonyl (C=O) groups excluding carboxylic acids is 2. The first-order chi connectivity index (χ1) is 12.4. The standard InChI is InChI=1S/C19H16ClFN2O3/c1-22(10-11-24)17-16(12-2-6-14(21)7-3-12)18(25)23(19(17)26)15-8-4-13(20)5-9-15/h2-9,24H,10-11H2,1H3. The third kappa shape index (κ3) is 3.21. The Morgan fingerprint density at radius 1 is 1.04 bits per heavy atom. The molecule has 1 aliphatic heterocycles. The molecule has 0 unspecified atom stereocenters. The van der Waals surface area contributed by atoms with Crippen LogP contribution in [0.4, 0.5) is 10.1 Å². The molecular formula is C19H16ClFN2O3. The average molecular weight is 375 g/mol. The van der Waals surface area contributed by atoms with E-state index in [2.05, 4.69) is 0 Å². The van der Waals surface area contributed by atoms with E-state index in [-0.39, 0.29) is 24.4 Å². The van der Waals surface area contributed by atoms with Gasteiger partial charge in [-0.05, 0) is 42.0 Å². The predicted molar refractivity (Wildman–Crippen MR) is 97.0 cm³/mol. The van der Waals surface area contributed by atoms with Crippen molar-refractivity contribution in [3.05, 3.63) is 70.6 Å². The zero-order valence-corrected chi connectivity index (χ0v) is 14.7. The van der Waals surface area contributed by atoms with Crippen LogP contribution in [0.3, 0.4) is 0 Å². The SMILES string of the molecule is CN(CCO)C1=C(c2ccc(F)cc2)C(=O)N(c2ccc(Cl)cc2)C1=O. The van der Waals surface area contributed by atoms with Gasteiger partial charge in [0.15, 0.2) is 0 Å². The van der Waals surface area contributed by atoms with Crippen LogP contribution >= 0.6 is 11.6 Å². The van der Waals surface area contributed by atoms with Crippen LogP contribution in [0.2, 0.25) is 5.02 Å². The van der Waals surface area contributed by atoms with Crippen LogP contribution in [0.1, 0.15) is 5.56 Å². The van der Waals surface area contributed by atoms with Gasteiger partial charge in [-0.1, -0.05) is 23.7 Å². The van der Waals surface area contributed by atoms with Crippen molar-refractivity contribution in [1.82, 2.24) is 4.90 Å². The van der Waals surface area contributed by atoms with Crippen molar-refractivity contribution in [2.75, 3.05) is 25.1 Å². The van der Waals surface area contributed by atoms with E-state index in [1.165, 1.54) is 29.2 Å². The lowest BCUT2D eigenvalue weighted by Crippen LogP contribution is -2.34. The number of hydrogen-bond acceptors (Lipinski definition) is 4. The topological polar surface area (TPSA) is 60.9 Å². The van der Waals surface area contributed by atoms with Gasteiger partial charge in [0.25, 0.3) is 11.8 Å². The molecular weight excluding hydrogens is 359 g/mol. The first kappa shape index (κ1) is 18.1. The third-order valence-corrected chi connectivity index (χ3v) is 4.35. The summed E-state index contributed by atoms with van der Waals surface area (Å²) in [5, 5.41) is 9.70. The Balaban J connectivity index is 2.11. The number of aliphatic hydroxyl groups excluding tert-OH is 1. The highest BCUT2D eigenvalue weighted by Gasteiger charge is 2.41. The number of hydrogen-bond donors (Lipinski definition) is 1. The molecule has 1 N–H and O–H groups in total. The van der Waals surface area contributed by atoms with Crippen molar-refractivity contribution >= 4 is 34.7 Å². The number of likely N-dealkylation sites (N-methyl/N-ethyl adjacent to an activating group) is 1. The lowest BCUT2D eigenvalue weighted by molar-refractivity contribution is -0.120. The van der Waals surface area contributed by atoms with E-state index >= 15 is 0 Å². The highest BCUT2D eigenvalue weighted by molar-refractivity contribution is 6.45. The Hall–Kier alpha value is -2.70. The van der Waals surface area contributed by atoms with Gasteiger partial charge in [-0.25, -0.2) is 9.29 Å². The molecule has 3 rings (SSSR count). The lowest BCUT2D eigenvalue weighted by Gasteiger charge is -2.20. The van der Waals surface area contributed by atoms with Crippen LogP contribution in [-0.4, -0.2) is 42.0 Å². The first-order valence-electron chi connectivity index (χ1n) is 7.90. The van der Waals surface area contributed by atoms with E-state index in [4.69, 9.17) is 11.6 Å². The smallest absolute Gasteiger partial charge is 0.282 e. The molecule has 0 atom stereocenters. The minimum atomic E-state index is -0.510. The van der Waals surface area contributed by atoms with E-state index < -0.39 is 17.6 Å². The fourth-order valence-electron chi connectivity index (χ4n) is 2.84. The number of imide groups is 1. The second kappa shape index (κ2) is 7.27. The first-order valence-corrected chi connectivity index (χ1v) is 8.28. The second-order valence-corrected chi connectivity index (χ2v) is 6.23. The molecule has 1 heterocycles. The number of nitrogens with zero attached hydrogens (tertiary/aromatic N) is 2. The monoisotopic (exact) mass is 374 g/mol. The zero-order valence-electron chi connectivity index (χ0n) is 13.9. The molecule has 0 fully saturated rings. The van der Waals surface area contributed by atoms with Crippen molar-refractivity contribution in [1.29, 1.82) is 0 Å². The van der Waals surface area contributed by atoms with Gasteiger partial charge >= 0.3 is 0 Å². The number of halogens is 2.